The number of hydrogen-bond acceptors (Lipinski definition) is 2. The molecule has 0 aliphatic rings. The van der Waals surface area contributed by atoms with Gasteiger partial charge in [0, 0.05) is 5.56 Å². The predicted octanol–water partition coefficient (Wildman–Crippen LogP) is 5.25. The van der Waals surface area contributed by atoms with E-state index in [0.717, 1.165) is 11.1 Å². The van der Waals surface area contributed by atoms with Crippen molar-refractivity contribution < 1.29 is 9.13 Å². The molecule has 0 bridgehead atoms. The first-order chi connectivity index (χ1) is 11.7. The molecule has 2 nitrogen and oxygen atoms in total. The number of rotatable bonds is 4. The molecule has 0 amide bonds. The number of halogens is 1. The van der Waals surface area contributed by atoms with Crippen molar-refractivity contribution in [3.05, 3.63) is 89.2 Å². The average molecular weight is 317 g/mol. The molecule has 0 saturated carbocycles. The van der Waals surface area contributed by atoms with Gasteiger partial charge in [-0.2, -0.15) is 5.26 Å². The van der Waals surface area contributed by atoms with Crippen LogP contribution in [0.3, 0.4) is 0 Å². The number of ether oxygens (including phenoxy) is 1. The van der Waals surface area contributed by atoms with E-state index in [1.54, 1.807) is 30.3 Å². The van der Waals surface area contributed by atoms with Crippen molar-refractivity contribution in [3.8, 4) is 22.9 Å². The highest BCUT2D eigenvalue weighted by Crippen LogP contribution is 2.30. The van der Waals surface area contributed by atoms with E-state index < -0.39 is 0 Å². The minimum atomic E-state index is -0.292. The van der Waals surface area contributed by atoms with Crippen LogP contribution in [0.15, 0.2) is 66.7 Å². The molecular formula is C21H16FNO. The molecule has 0 atom stereocenters. The fourth-order valence-corrected chi connectivity index (χ4v) is 2.50. The van der Waals surface area contributed by atoms with Crippen LogP contribution < -0.4 is 4.74 Å². The molecule has 0 radical (unpaired) electrons. The second-order valence-electron chi connectivity index (χ2n) is 5.58. The standard InChI is InChI=1S/C21H16FNO/c1-15-7-10-20(22)19(11-15)17-8-9-18(13-23)21(12-17)24-14-16-5-3-2-4-6-16/h2-12H,14H2,1H3. The lowest BCUT2D eigenvalue weighted by Gasteiger charge is -2.11. The maximum Gasteiger partial charge on any atom is 0.138 e. The van der Waals surface area contributed by atoms with E-state index >= 15 is 0 Å². The zero-order chi connectivity index (χ0) is 16.9. The normalized spacial score (nSPS) is 10.2. The van der Waals surface area contributed by atoms with Gasteiger partial charge in [0.05, 0.1) is 5.56 Å². The number of nitrogens with zero attached hydrogens (tertiary/aromatic N) is 1. The van der Waals surface area contributed by atoms with Gasteiger partial charge in [-0.15, -0.1) is 0 Å². The van der Waals surface area contributed by atoms with Crippen LogP contribution in [0.2, 0.25) is 0 Å². The van der Waals surface area contributed by atoms with Crippen molar-refractivity contribution in [1.82, 2.24) is 0 Å². The third-order valence-corrected chi connectivity index (χ3v) is 3.77. The van der Waals surface area contributed by atoms with Gasteiger partial charge in [-0.25, -0.2) is 4.39 Å². The molecule has 0 N–H and O–H groups in total. The van der Waals surface area contributed by atoms with Crippen LogP contribution in [-0.4, -0.2) is 0 Å². The minimum absolute atomic E-state index is 0.292. The Bertz CT molecular complexity index is 897. The molecule has 3 aromatic carbocycles. The summed E-state index contributed by atoms with van der Waals surface area (Å²) in [6.07, 6.45) is 0. The van der Waals surface area contributed by atoms with Gasteiger partial charge < -0.3 is 4.74 Å². The Morgan fingerprint density at radius 2 is 1.79 bits per heavy atom. The smallest absolute Gasteiger partial charge is 0.138 e. The maximum atomic E-state index is 14.1. The van der Waals surface area contributed by atoms with Crippen molar-refractivity contribution in [2.75, 3.05) is 0 Å². The Kier molecular flexibility index (Phi) is 4.58. The molecule has 0 spiro atoms. The number of nitriles is 1. The van der Waals surface area contributed by atoms with Crippen LogP contribution in [0.5, 0.6) is 5.75 Å². The first-order valence-electron chi connectivity index (χ1n) is 7.65. The SMILES string of the molecule is Cc1ccc(F)c(-c2ccc(C#N)c(OCc3ccccc3)c2)c1. The van der Waals surface area contributed by atoms with E-state index in [2.05, 4.69) is 6.07 Å². The highest BCUT2D eigenvalue weighted by Gasteiger charge is 2.10. The highest BCUT2D eigenvalue weighted by atomic mass is 19.1. The van der Waals surface area contributed by atoms with Crippen LogP contribution in [0.25, 0.3) is 11.1 Å². The van der Waals surface area contributed by atoms with E-state index in [-0.39, 0.29) is 5.82 Å². The number of hydrogen-bond donors (Lipinski definition) is 0. The molecule has 3 aromatic rings. The van der Waals surface area contributed by atoms with Crippen LogP contribution in [0.1, 0.15) is 16.7 Å². The van der Waals surface area contributed by atoms with Gasteiger partial charge in [-0.05, 0) is 42.3 Å². The fraction of sp³-hybridized carbons (Fsp3) is 0.0952. The molecule has 0 saturated heterocycles. The van der Waals surface area contributed by atoms with Gasteiger partial charge in [0.25, 0.3) is 0 Å². The summed E-state index contributed by atoms with van der Waals surface area (Å²) in [6, 6.07) is 21.9. The van der Waals surface area contributed by atoms with Crippen molar-refractivity contribution in [2.24, 2.45) is 0 Å². The summed E-state index contributed by atoms with van der Waals surface area (Å²) in [7, 11) is 0. The molecule has 3 rings (SSSR count). The molecule has 0 unspecified atom stereocenters. The average Bonchev–Trinajstić information content (AvgIpc) is 2.62. The van der Waals surface area contributed by atoms with Crippen LogP contribution in [0.4, 0.5) is 4.39 Å². The van der Waals surface area contributed by atoms with Gasteiger partial charge in [-0.1, -0.05) is 48.0 Å². The Balaban J connectivity index is 1.94. The van der Waals surface area contributed by atoms with Gasteiger partial charge >= 0.3 is 0 Å². The number of benzene rings is 3. The lowest BCUT2D eigenvalue weighted by Crippen LogP contribution is -1.98. The second kappa shape index (κ2) is 6.97. The first-order valence-corrected chi connectivity index (χ1v) is 7.65. The third kappa shape index (κ3) is 3.44. The zero-order valence-electron chi connectivity index (χ0n) is 13.3. The van der Waals surface area contributed by atoms with Crippen molar-refractivity contribution in [1.29, 1.82) is 5.26 Å². The monoisotopic (exact) mass is 317 g/mol. The molecule has 118 valence electrons. The molecule has 0 aromatic heterocycles. The zero-order valence-corrected chi connectivity index (χ0v) is 13.3. The van der Waals surface area contributed by atoms with E-state index in [0.29, 0.717) is 29.0 Å². The summed E-state index contributed by atoms with van der Waals surface area (Å²) in [4.78, 5) is 0. The van der Waals surface area contributed by atoms with Crippen molar-refractivity contribution in [2.45, 2.75) is 13.5 Å². The third-order valence-electron chi connectivity index (χ3n) is 3.77. The molecule has 0 aliphatic carbocycles. The van der Waals surface area contributed by atoms with Crippen LogP contribution in [0, 0.1) is 24.1 Å². The summed E-state index contributed by atoms with van der Waals surface area (Å²) in [5, 5.41) is 9.27. The summed E-state index contributed by atoms with van der Waals surface area (Å²) in [5.41, 5.74) is 3.61. The summed E-state index contributed by atoms with van der Waals surface area (Å²) < 4.78 is 19.9. The van der Waals surface area contributed by atoms with Crippen LogP contribution in [-0.2, 0) is 6.61 Å². The topological polar surface area (TPSA) is 33.0 Å². The molecule has 24 heavy (non-hydrogen) atoms. The minimum Gasteiger partial charge on any atom is -0.488 e. The maximum absolute atomic E-state index is 14.1. The largest absolute Gasteiger partial charge is 0.488 e. The Morgan fingerprint density at radius 3 is 2.54 bits per heavy atom. The summed E-state index contributed by atoms with van der Waals surface area (Å²) in [6.45, 7) is 2.27. The summed E-state index contributed by atoms with van der Waals surface area (Å²) >= 11 is 0. The number of aryl methyl sites for hydroxylation is 1. The second-order valence-corrected chi connectivity index (χ2v) is 5.58. The van der Waals surface area contributed by atoms with Gasteiger partial charge in [-0.3, -0.25) is 0 Å². The molecule has 0 fully saturated rings. The Labute approximate surface area is 140 Å². The Morgan fingerprint density at radius 1 is 1.00 bits per heavy atom. The van der Waals surface area contributed by atoms with E-state index in [4.69, 9.17) is 4.74 Å². The highest BCUT2D eigenvalue weighted by molar-refractivity contribution is 5.68. The molecular weight excluding hydrogens is 301 g/mol. The van der Waals surface area contributed by atoms with E-state index in [1.165, 1.54) is 6.07 Å². The van der Waals surface area contributed by atoms with Crippen molar-refractivity contribution >= 4 is 0 Å². The van der Waals surface area contributed by atoms with Crippen LogP contribution >= 0.6 is 0 Å². The fourth-order valence-electron chi connectivity index (χ4n) is 2.50. The van der Waals surface area contributed by atoms with E-state index in [9.17, 15) is 9.65 Å². The lowest BCUT2D eigenvalue weighted by molar-refractivity contribution is 0.305. The van der Waals surface area contributed by atoms with E-state index in [1.807, 2.05) is 37.3 Å². The quantitative estimate of drug-likeness (QED) is 0.658. The molecule has 0 aliphatic heterocycles. The van der Waals surface area contributed by atoms with Gasteiger partial charge in [0.2, 0.25) is 0 Å². The Hall–Kier alpha value is -3.12. The predicted molar refractivity (Wildman–Crippen MR) is 92.1 cm³/mol. The van der Waals surface area contributed by atoms with Gasteiger partial charge in [0.1, 0.15) is 24.2 Å². The first kappa shape index (κ1) is 15.8. The van der Waals surface area contributed by atoms with Gasteiger partial charge in [0.15, 0.2) is 0 Å². The van der Waals surface area contributed by atoms with Crippen molar-refractivity contribution in [3.63, 3.8) is 0 Å². The summed E-state index contributed by atoms with van der Waals surface area (Å²) in [5.74, 6) is 0.166. The molecule has 0 heterocycles. The lowest BCUT2D eigenvalue weighted by atomic mass is 10.0. The molecule has 3 heteroatoms.